The summed E-state index contributed by atoms with van der Waals surface area (Å²) >= 11 is 3.51. The molecule has 2 unspecified atom stereocenters. The Kier molecular flexibility index (Phi) is 2.84. The third kappa shape index (κ3) is 1.82. The maximum atomic E-state index is 12.4. The normalized spacial score (nSPS) is 28.0. The zero-order chi connectivity index (χ0) is 15.5. The van der Waals surface area contributed by atoms with E-state index in [0.717, 1.165) is 20.5 Å². The van der Waals surface area contributed by atoms with Gasteiger partial charge in [0.2, 0.25) is 11.3 Å². The lowest BCUT2D eigenvalue weighted by molar-refractivity contribution is -0.617. The van der Waals surface area contributed by atoms with Crippen LogP contribution in [0.25, 0.3) is 0 Å². The van der Waals surface area contributed by atoms with Crippen LogP contribution in [0.3, 0.4) is 0 Å². The molecular formula is C17H16BrNO3. The second-order valence-corrected chi connectivity index (χ2v) is 7.48. The lowest BCUT2D eigenvalue weighted by Gasteiger charge is -2.20. The van der Waals surface area contributed by atoms with Crippen molar-refractivity contribution in [3.05, 3.63) is 63.5 Å². The van der Waals surface area contributed by atoms with E-state index in [2.05, 4.69) is 29.8 Å². The largest absolute Gasteiger partial charge is 0.618 e. The number of aromatic nitrogens is 1. The molecule has 1 aromatic heterocycles. The first kappa shape index (κ1) is 14.0. The standard InChI is InChI=1S/C17H16BrNO3/c1-16(2)10-21-13-7-6-11(18)9-12(13)17(15(16)22-17)14-5-3-4-8-19(14)20/h3-9,15H,10H2,1-2H3. The van der Waals surface area contributed by atoms with E-state index in [9.17, 15) is 5.21 Å². The Bertz CT molecular complexity index is 761. The van der Waals surface area contributed by atoms with Crippen molar-refractivity contribution in [2.24, 2.45) is 5.41 Å². The highest BCUT2D eigenvalue weighted by Gasteiger charge is 2.71. The average Bonchev–Trinajstić information content (AvgIpc) is 3.24. The summed E-state index contributed by atoms with van der Waals surface area (Å²) in [4.78, 5) is 0. The molecule has 0 radical (unpaired) electrons. The monoisotopic (exact) mass is 361 g/mol. The van der Waals surface area contributed by atoms with E-state index < -0.39 is 5.60 Å². The molecule has 1 aromatic carbocycles. The van der Waals surface area contributed by atoms with Crippen molar-refractivity contribution < 1.29 is 14.2 Å². The minimum absolute atomic E-state index is 0.0850. The van der Waals surface area contributed by atoms with Crippen molar-refractivity contribution in [1.29, 1.82) is 0 Å². The van der Waals surface area contributed by atoms with Gasteiger partial charge in [0.15, 0.2) is 6.20 Å². The van der Waals surface area contributed by atoms with E-state index in [4.69, 9.17) is 9.47 Å². The molecule has 5 heteroatoms. The fourth-order valence-electron chi connectivity index (χ4n) is 3.37. The predicted molar refractivity (Wildman–Crippen MR) is 84.5 cm³/mol. The summed E-state index contributed by atoms with van der Waals surface area (Å²) in [7, 11) is 0. The van der Waals surface area contributed by atoms with E-state index in [1.807, 2.05) is 30.3 Å². The first-order valence-corrected chi connectivity index (χ1v) is 8.04. The first-order valence-electron chi connectivity index (χ1n) is 7.24. The van der Waals surface area contributed by atoms with Crippen LogP contribution >= 0.6 is 15.9 Å². The number of benzene rings is 1. The number of hydrogen-bond acceptors (Lipinski definition) is 3. The smallest absolute Gasteiger partial charge is 0.232 e. The highest BCUT2D eigenvalue weighted by Crippen LogP contribution is 2.61. The second kappa shape index (κ2) is 4.46. The Labute approximate surface area is 137 Å². The van der Waals surface area contributed by atoms with Gasteiger partial charge < -0.3 is 14.7 Å². The van der Waals surface area contributed by atoms with Crippen LogP contribution in [0.2, 0.25) is 0 Å². The molecule has 0 aliphatic carbocycles. The van der Waals surface area contributed by atoms with Gasteiger partial charge in [-0.25, -0.2) is 0 Å². The Morgan fingerprint density at radius 3 is 2.86 bits per heavy atom. The second-order valence-electron chi connectivity index (χ2n) is 6.56. The molecule has 0 saturated carbocycles. The van der Waals surface area contributed by atoms with Gasteiger partial charge in [-0.2, -0.15) is 4.73 Å². The topological polar surface area (TPSA) is 48.7 Å². The zero-order valence-electron chi connectivity index (χ0n) is 12.4. The number of fused-ring (bicyclic) bond motifs is 3. The Morgan fingerprint density at radius 2 is 2.09 bits per heavy atom. The zero-order valence-corrected chi connectivity index (χ0v) is 14.0. The quantitative estimate of drug-likeness (QED) is 0.445. The summed E-state index contributed by atoms with van der Waals surface area (Å²) in [6.07, 6.45) is 1.43. The predicted octanol–water partition coefficient (Wildman–Crippen LogP) is 3.14. The molecule has 22 heavy (non-hydrogen) atoms. The summed E-state index contributed by atoms with van der Waals surface area (Å²) in [5, 5.41) is 12.4. The highest BCUT2D eigenvalue weighted by molar-refractivity contribution is 9.10. The molecule has 0 bridgehead atoms. The lowest BCUT2D eigenvalue weighted by atomic mass is 9.79. The van der Waals surface area contributed by atoms with Crippen LogP contribution in [-0.2, 0) is 10.3 Å². The summed E-state index contributed by atoms with van der Waals surface area (Å²) in [6, 6.07) is 11.3. The maximum Gasteiger partial charge on any atom is 0.232 e. The SMILES string of the molecule is CC1(C)COc2ccc(Br)cc2C2(c3cccc[n+]3[O-])OC12. The number of halogens is 1. The molecule has 1 saturated heterocycles. The number of pyridine rings is 1. The van der Waals surface area contributed by atoms with E-state index in [0.29, 0.717) is 12.3 Å². The van der Waals surface area contributed by atoms with Crippen molar-refractivity contribution in [1.82, 2.24) is 0 Å². The third-order valence-electron chi connectivity index (χ3n) is 4.47. The highest BCUT2D eigenvalue weighted by atomic mass is 79.9. The van der Waals surface area contributed by atoms with Gasteiger partial charge in [0.05, 0.1) is 6.61 Å². The number of epoxide rings is 1. The number of hydrogen-bond donors (Lipinski definition) is 0. The molecule has 4 rings (SSSR count). The van der Waals surface area contributed by atoms with E-state index >= 15 is 0 Å². The van der Waals surface area contributed by atoms with Gasteiger partial charge >= 0.3 is 0 Å². The van der Waals surface area contributed by atoms with Gasteiger partial charge in [0, 0.05) is 27.6 Å². The molecule has 114 valence electrons. The fraction of sp³-hybridized carbons (Fsp3) is 0.353. The van der Waals surface area contributed by atoms with Crippen LogP contribution in [0.15, 0.2) is 47.1 Å². The van der Waals surface area contributed by atoms with Crippen LogP contribution in [0, 0.1) is 10.6 Å². The van der Waals surface area contributed by atoms with Crippen LogP contribution in [0.5, 0.6) is 5.75 Å². The van der Waals surface area contributed by atoms with E-state index in [-0.39, 0.29) is 11.5 Å². The van der Waals surface area contributed by atoms with Crippen LogP contribution in [-0.4, -0.2) is 12.7 Å². The van der Waals surface area contributed by atoms with Crippen molar-refractivity contribution in [2.45, 2.75) is 25.6 Å². The molecule has 2 aromatic rings. The Morgan fingerprint density at radius 1 is 1.27 bits per heavy atom. The summed E-state index contributed by atoms with van der Waals surface area (Å²) < 4.78 is 14.0. The Hall–Kier alpha value is -1.59. The van der Waals surface area contributed by atoms with Gasteiger partial charge in [-0.1, -0.05) is 29.8 Å². The summed E-state index contributed by atoms with van der Waals surface area (Å²) in [5.41, 5.74) is 0.599. The van der Waals surface area contributed by atoms with Crippen molar-refractivity contribution in [3.8, 4) is 5.75 Å². The molecule has 0 N–H and O–H groups in total. The fourth-order valence-corrected chi connectivity index (χ4v) is 3.73. The van der Waals surface area contributed by atoms with E-state index in [1.54, 1.807) is 6.07 Å². The van der Waals surface area contributed by atoms with E-state index in [1.165, 1.54) is 6.20 Å². The average molecular weight is 362 g/mol. The molecule has 0 spiro atoms. The Balaban J connectivity index is 1.99. The van der Waals surface area contributed by atoms with Gasteiger partial charge in [-0.05, 0) is 24.3 Å². The lowest BCUT2D eigenvalue weighted by Crippen LogP contribution is -2.39. The van der Waals surface area contributed by atoms with Gasteiger partial charge in [0.1, 0.15) is 11.9 Å². The molecule has 0 amide bonds. The molecule has 2 atom stereocenters. The van der Waals surface area contributed by atoms with Gasteiger partial charge in [-0.3, -0.25) is 0 Å². The van der Waals surface area contributed by atoms with Crippen LogP contribution in [0.4, 0.5) is 0 Å². The maximum absolute atomic E-state index is 12.4. The molecule has 4 nitrogen and oxygen atoms in total. The van der Waals surface area contributed by atoms with Crippen molar-refractivity contribution >= 4 is 15.9 Å². The van der Waals surface area contributed by atoms with Gasteiger partial charge in [0.25, 0.3) is 0 Å². The van der Waals surface area contributed by atoms with Crippen LogP contribution < -0.4 is 9.47 Å². The minimum Gasteiger partial charge on any atom is -0.618 e. The molecule has 2 aliphatic rings. The molecule has 1 fully saturated rings. The summed E-state index contributed by atoms with van der Waals surface area (Å²) in [5.74, 6) is 0.778. The van der Waals surface area contributed by atoms with Crippen LogP contribution in [0.1, 0.15) is 25.1 Å². The minimum atomic E-state index is -0.734. The molecule has 3 heterocycles. The third-order valence-corrected chi connectivity index (χ3v) is 4.96. The first-order chi connectivity index (χ1) is 10.4. The molecular weight excluding hydrogens is 346 g/mol. The van der Waals surface area contributed by atoms with Crippen molar-refractivity contribution in [3.63, 3.8) is 0 Å². The molecule has 2 aliphatic heterocycles. The number of rotatable bonds is 1. The summed E-state index contributed by atoms with van der Waals surface area (Å²) in [6.45, 7) is 4.77. The number of nitrogens with zero attached hydrogens (tertiary/aromatic N) is 1. The van der Waals surface area contributed by atoms with Gasteiger partial charge in [-0.15, -0.1) is 0 Å². The van der Waals surface area contributed by atoms with Crippen molar-refractivity contribution in [2.75, 3.05) is 6.61 Å². The number of ether oxygens (including phenoxy) is 2.